The molecule has 3 N–H and O–H groups in total. The fraction of sp³-hybridized carbons (Fsp3) is 0.452. The van der Waals surface area contributed by atoms with Gasteiger partial charge in [-0.2, -0.15) is 0 Å². The van der Waals surface area contributed by atoms with Gasteiger partial charge in [0.15, 0.2) is 0 Å². The number of allylic oxidation sites excluding steroid dienone is 1. The number of carbonyl (C=O) groups excluding carboxylic acids is 4. The molecule has 2 heterocycles. The summed E-state index contributed by atoms with van der Waals surface area (Å²) in [6.45, 7) is 7.55. The third kappa shape index (κ3) is 10.0. The van der Waals surface area contributed by atoms with Crippen molar-refractivity contribution in [2.45, 2.75) is 52.6 Å². The molecule has 1 aromatic heterocycles. The van der Waals surface area contributed by atoms with Crippen LogP contribution in [0.4, 0.5) is 11.4 Å². The molecule has 1 unspecified atom stereocenters. The van der Waals surface area contributed by atoms with Crippen LogP contribution < -0.4 is 31.1 Å². The number of aromatic nitrogens is 1. The minimum Gasteiger partial charge on any atom is -0.490 e. The number of nitrogens with one attached hydrogen (secondary N) is 3. The summed E-state index contributed by atoms with van der Waals surface area (Å²) in [4.78, 5) is 65.7. The highest BCUT2D eigenvalue weighted by Gasteiger charge is 2.24. The number of anilines is 2. The maximum atomic E-state index is 13.4. The van der Waals surface area contributed by atoms with Crippen LogP contribution in [0, 0.1) is 5.92 Å². The molecule has 3 rings (SSSR count). The number of hydrogen-bond donors (Lipinski definition) is 3. The number of hydrogen-bond acceptors (Lipinski definition) is 8. The first kappa shape index (κ1) is 32.9. The number of rotatable bonds is 14. The molecule has 1 aliphatic rings. The number of pyridine rings is 1. The Morgan fingerprint density at radius 3 is 2.67 bits per heavy atom. The number of benzene rings is 1. The maximum absolute atomic E-state index is 13.4. The van der Waals surface area contributed by atoms with E-state index in [1.807, 2.05) is 11.9 Å². The van der Waals surface area contributed by atoms with Crippen LogP contribution in [0.5, 0.6) is 5.75 Å². The molecule has 0 saturated heterocycles. The van der Waals surface area contributed by atoms with Gasteiger partial charge in [0.1, 0.15) is 30.6 Å². The van der Waals surface area contributed by atoms with Gasteiger partial charge in [-0.25, -0.2) is 4.79 Å². The summed E-state index contributed by atoms with van der Waals surface area (Å²) in [5, 5.41) is 8.13. The molecule has 0 radical (unpaired) electrons. The number of fused-ring (bicyclic) bond motifs is 1. The molecule has 0 bridgehead atoms. The van der Waals surface area contributed by atoms with Crippen molar-refractivity contribution in [3.63, 3.8) is 0 Å². The predicted molar refractivity (Wildman–Crippen MR) is 163 cm³/mol. The zero-order chi connectivity index (χ0) is 31.4. The molecule has 0 fully saturated rings. The fourth-order valence-electron chi connectivity index (χ4n) is 4.33. The number of nitrogens with zero attached hydrogens (tertiary/aromatic N) is 2. The molecular formula is C31H41N5O7. The second-order valence-electron chi connectivity index (χ2n) is 10.6. The van der Waals surface area contributed by atoms with E-state index in [-0.39, 0.29) is 37.6 Å². The summed E-state index contributed by atoms with van der Waals surface area (Å²) < 4.78 is 11.8. The standard InChI is InChI=1S/C31H41N5O7/c1-5-42-28(38)11-7-6-9-23(33-29(39)22-12-13-25-26(19-22)43-18-17-35(25)4)30(40)34-24-10-8-16-36(31(24)41)20-27(37)32-15-14-21(2)3/h7-8,10-13,16,19,21,23H,5-6,9,14-15,17-18,20H2,1-4H3,(H,32,37)(H,33,39)(H,34,40). The van der Waals surface area contributed by atoms with Crippen molar-refractivity contribution < 1.29 is 28.7 Å². The number of ether oxygens (including phenoxy) is 2. The maximum Gasteiger partial charge on any atom is 0.330 e. The van der Waals surface area contributed by atoms with Gasteiger partial charge in [0.2, 0.25) is 11.8 Å². The average molecular weight is 596 g/mol. The number of amides is 3. The Bertz CT molecular complexity index is 1380. The van der Waals surface area contributed by atoms with Crippen LogP contribution >= 0.6 is 0 Å². The van der Waals surface area contributed by atoms with Crippen LogP contribution in [-0.4, -0.2) is 67.7 Å². The molecule has 43 heavy (non-hydrogen) atoms. The minimum absolute atomic E-state index is 0.0333. The van der Waals surface area contributed by atoms with Crippen molar-refractivity contribution in [2.24, 2.45) is 5.92 Å². The third-order valence-electron chi connectivity index (χ3n) is 6.74. The molecule has 12 heteroatoms. The van der Waals surface area contributed by atoms with Crippen LogP contribution in [0.2, 0.25) is 0 Å². The Morgan fingerprint density at radius 1 is 1.14 bits per heavy atom. The summed E-state index contributed by atoms with van der Waals surface area (Å²) >= 11 is 0. The summed E-state index contributed by atoms with van der Waals surface area (Å²) in [7, 11) is 1.93. The van der Waals surface area contributed by atoms with Crippen molar-refractivity contribution in [1.29, 1.82) is 0 Å². The average Bonchev–Trinajstić information content (AvgIpc) is 2.96. The molecule has 232 valence electrons. The first-order chi connectivity index (χ1) is 20.6. The Balaban J connectivity index is 1.74. The first-order valence-corrected chi connectivity index (χ1v) is 14.5. The van der Waals surface area contributed by atoms with E-state index in [9.17, 15) is 24.0 Å². The van der Waals surface area contributed by atoms with Gasteiger partial charge < -0.3 is 34.9 Å². The quantitative estimate of drug-likeness (QED) is 0.223. The molecule has 0 spiro atoms. The van der Waals surface area contributed by atoms with Crippen molar-refractivity contribution in [3.05, 3.63) is 64.6 Å². The molecular weight excluding hydrogens is 554 g/mol. The highest BCUT2D eigenvalue weighted by molar-refractivity contribution is 6.01. The van der Waals surface area contributed by atoms with Gasteiger partial charge in [-0.05, 0) is 62.4 Å². The van der Waals surface area contributed by atoms with Crippen molar-refractivity contribution >= 4 is 35.1 Å². The zero-order valence-electron chi connectivity index (χ0n) is 25.2. The fourth-order valence-corrected chi connectivity index (χ4v) is 4.33. The smallest absolute Gasteiger partial charge is 0.330 e. The largest absolute Gasteiger partial charge is 0.490 e. The van der Waals surface area contributed by atoms with E-state index in [0.717, 1.165) is 18.7 Å². The summed E-state index contributed by atoms with van der Waals surface area (Å²) in [6, 6.07) is 7.00. The van der Waals surface area contributed by atoms with Crippen molar-refractivity contribution in [1.82, 2.24) is 15.2 Å². The van der Waals surface area contributed by atoms with Crippen LogP contribution in [0.3, 0.4) is 0 Å². The van der Waals surface area contributed by atoms with E-state index < -0.39 is 29.4 Å². The van der Waals surface area contributed by atoms with Crippen molar-refractivity contribution in [2.75, 3.05) is 43.6 Å². The van der Waals surface area contributed by atoms with Gasteiger partial charge in [0.05, 0.1) is 18.8 Å². The second kappa shape index (κ2) is 16.1. The lowest BCUT2D eigenvalue weighted by atomic mass is 10.1. The van der Waals surface area contributed by atoms with Gasteiger partial charge in [-0.3, -0.25) is 19.2 Å². The molecule has 3 amide bonds. The summed E-state index contributed by atoms with van der Waals surface area (Å²) in [5.74, 6) is -0.953. The van der Waals surface area contributed by atoms with E-state index in [4.69, 9.17) is 9.47 Å². The van der Waals surface area contributed by atoms with E-state index >= 15 is 0 Å². The predicted octanol–water partition coefficient (Wildman–Crippen LogP) is 2.48. The van der Waals surface area contributed by atoms with Gasteiger partial charge in [0, 0.05) is 31.4 Å². The van der Waals surface area contributed by atoms with Crippen molar-refractivity contribution in [3.8, 4) is 5.75 Å². The Morgan fingerprint density at radius 2 is 1.93 bits per heavy atom. The lowest BCUT2D eigenvalue weighted by Gasteiger charge is -2.28. The van der Waals surface area contributed by atoms with Gasteiger partial charge in [-0.15, -0.1) is 0 Å². The molecule has 12 nitrogen and oxygen atoms in total. The summed E-state index contributed by atoms with van der Waals surface area (Å²) in [5.41, 5.74) is 0.571. The van der Waals surface area contributed by atoms with E-state index in [1.165, 1.54) is 22.9 Å². The Labute approximate surface area is 251 Å². The first-order valence-electron chi connectivity index (χ1n) is 14.5. The Kier molecular flexibility index (Phi) is 12.3. The number of carbonyl (C=O) groups is 4. The molecule has 2 aromatic rings. The topological polar surface area (TPSA) is 148 Å². The van der Waals surface area contributed by atoms with Crippen LogP contribution in [0.1, 0.15) is 50.4 Å². The molecule has 0 aliphatic carbocycles. The van der Waals surface area contributed by atoms with Gasteiger partial charge in [0.25, 0.3) is 11.5 Å². The SMILES string of the molecule is CCOC(=O)C=CCCC(NC(=O)c1ccc2c(c1)OCCN2C)C(=O)Nc1cccn(CC(=O)NCCC(C)C)c1=O. The molecule has 1 atom stereocenters. The normalized spacial score (nSPS) is 13.2. The summed E-state index contributed by atoms with van der Waals surface area (Å²) in [6.07, 6.45) is 5.51. The van der Waals surface area contributed by atoms with E-state index in [1.54, 1.807) is 37.3 Å². The van der Waals surface area contributed by atoms with Crippen LogP contribution in [0.15, 0.2) is 53.5 Å². The van der Waals surface area contributed by atoms with E-state index in [0.29, 0.717) is 30.4 Å². The molecule has 0 saturated carbocycles. The molecule has 1 aliphatic heterocycles. The monoisotopic (exact) mass is 595 g/mol. The number of esters is 1. The van der Waals surface area contributed by atoms with Crippen LogP contribution in [-0.2, 0) is 25.7 Å². The molecule has 1 aromatic carbocycles. The third-order valence-corrected chi connectivity index (χ3v) is 6.74. The van der Waals surface area contributed by atoms with Gasteiger partial charge in [-0.1, -0.05) is 19.9 Å². The Hall–Kier alpha value is -4.61. The minimum atomic E-state index is -1.05. The highest BCUT2D eigenvalue weighted by atomic mass is 16.5. The number of likely N-dealkylation sites (N-methyl/N-ethyl adjacent to an activating group) is 1. The van der Waals surface area contributed by atoms with Gasteiger partial charge >= 0.3 is 5.97 Å². The zero-order valence-corrected chi connectivity index (χ0v) is 25.2. The van der Waals surface area contributed by atoms with Crippen LogP contribution in [0.25, 0.3) is 0 Å². The second-order valence-corrected chi connectivity index (χ2v) is 10.6. The lowest BCUT2D eigenvalue weighted by molar-refractivity contribution is -0.137. The van der Waals surface area contributed by atoms with E-state index in [2.05, 4.69) is 29.8 Å². The lowest BCUT2D eigenvalue weighted by Crippen LogP contribution is -2.44. The highest BCUT2D eigenvalue weighted by Crippen LogP contribution is 2.31.